The molecule has 1 N–H and O–H groups in total. The maximum atomic E-state index is 13.2. The van der Waals surface area contributed by atoms with E-state index in [2.05, 4.69) is 15.3 Å². The number of rotatable bonds is 4. The highest BCUT2D eigenvalue weighted by molar-refractivity contribution is 7.90. The van der Waals surface area contributed by atoms with E-state index in [0.717, 1.165) is 38.0 Å². The van der Waals surface area contributed by atoms with E-state index in [4.69, 9.17) is 0 Å². The summed E-state index contributed by atoms with van der Waals surface area (Å²) in [6.07, 6.45) is 0.261. The Morgan fingerprint density at radius 3 is 2.23 bits per heavy atom. The molecule has 0 atom stereocenters. The molecule has 2 aromatic rings. The molecule has 1 saturated carbocycles. The minimum atomic E-state index is -4.60. The van der Waals surface area contributed by atoms with Gasteiger partial charge in [-0.25, -0.2) is 18.4 Å². The van der Waals surface area contributed by atoms with Gasteiger partial charge in [-0.1, -0.05) is 25.0 Å². The zero-order valence-electron chi connectivity index (χ0n) is 14.0. The fraction of sp³-hybridized carbons (Fsp3) is 0.412. The number of alkyl halides is 3. The van der Waals surface area contributed by atoms with E-state index >= 15 is 0 Å². The van der Waals surface area contributed by atoms with E-state index in [-0.39, 0.29) is 22.6 Å². The van der Waals surface area contributed by atoms with Gasteiger partial charge in [0, 0.05) is 17.9 Å². The maximum absolute atomic E-state index is 13.2. The molecule has 0 unspecified atom stereocenters. The van der Waals surface area contributed by atoms with E-state index in [9.17, 15) is 21.6 Å². The van der Waals surface area contributed by atoms with Crippen molar-refractivity contribution in [2.24, 2.45) is 0 Å². The average Bonchev–Trinajstić information content (AvgIpc) is 3.06. The number of hydrogen-bond donors (Lipinski definition) is 1. The molecule has 0 spiro atoms. The van der Waals surface area contributed by atoms with Crippen LogP contribution < -0.4 is 5.32 Å². The lowest BCUT2D eigenvalue weighted by Crippen LogP contribution is -2.19. The Morgan fingerprint density at radius 1 is 1.08 bits per heavy atom. The summed E-state index contributed by atoms with van der Waals surface area (Å²) in [6.45, 7) is 0. The summed E-state index contributed by atoms with van der Waals surface area (Å²) in [5, 5.41) is 2.98. The van der Waals surface area contributed by atoms with Gasteiger partial charge in [-0.15, -0.1) is 0 Å². The normalized spacial score (nSPS) is 16.0. The van der Waals surface area contributed by atoms with Crippen molar-refractivity contribution in [2.75, 3.05) is 11.6 Å². The molecular weight excluding hydrogens is 367 g/mol. The standard InChI is InChI=1S/C17H18F3N3O2S/c1-26(24,25)13-8-6-11(7-9-13)14-10-15(17(18,19)20)23-16(22-14)21-12-4-2-3-5-12/h6-10,12H,2-5H2,1H3,(H,21,22,23). The molecule has 0 bridgehead atoms. The number of anilines is 1. The summed E-state index contributed by atoms with van der Waals surface area (Å²) in [6, 6.07) is 6.53. The Hall–Kier alpha value is -2.16. The van der Waals surface area contributed by atoms with Gasteiger partial charge in [-0.3, -0.25) is 0 Å². The molecule has 0 radical (unpaired) electrons. The second-order valence-corrected chi connectivity index (χ2v) is 8.40. The van der Waals surface area contributed by atoms with Crippen molar-refractivity contribution in [1.82, 2.24) is 9.97 Å². The van der Waals surface area contributed by atoms with Crippen molar-refractivity contribution >= 4 is 15.8 Å². The van der Waals surface area contributed by atoms with Crippen molar-refractivity contribution in [3.63, 3.8) is 0 Å². The van der Waals surface area contributed by atoms with Gasteiger partial charge in [-0.05, 0) is 31.0 Å². The van der Waals surface area contributed by atoms with Crippen LogP contribution in [0.4, 0.5) is 19.1 Å². The first-order valence-corrected chi connectivity index (χ1v) is 10.1. The van der Waals surface area contributed by atoms with E-state index in [1.807, 2.05) is 0 Å². The van der Waals surface area contributed by atoms with Crippen LogP contribution in [0.1, 0.15) is 31.4 Å². The highest BCUT2D eigenvalue weighted by atomic mass is 32.2. The zero-order chi connectivity index (χ0) is 18.9. The number of nitrogens with one attached hydrogen (secondary N) is 1. The molecule has 1 aliphatic rings. The number of sulfone groups is 1. The molecule has 140 valence electrons. The second kappa shape index (κ2) is 6.86. The topological polar surface area (TPSA) is 72.0 Å². The summed E-state index contributed by atoms with van der Waals surface area (Å²) in [5.41, 5.74) is -0.553. The fourth-order valence-electron chi connectivity index (χ4n) is 2.93. The van der Waals surface area contributed by atoms with Crippen LogP contribution in [0, 0.1) is 0 Å². The average molecular weight is 385 g/mol. The molecule has 0 aliphatic heterocycles. The molecule has 0 amide bonds. The molecule has 3 rings (SSSR count). The Bertz CT molecular complexity index is 890. The third-order valence-corrected chi connectivity index (χ3v) is 5.41. The molecule has 5 nitrogen and oxygen atoms in total. The van der Waals surface area contributed by atoms with Gasteiger partial charge in [0.05, 0.1) is 10.6 Å². The quantitative estimate of drug-likeness (QED) is 0.864. The third kappa shape index (κ3) is 4.32. The van der Waals surface area contributed by atoms with E-state index in [1.54, 1.807) is 0 Å². The van der Waals surface area contributed by atoms with Gasteiger partial charge < -0.3 is 5.32 Å². The molecule has 1 heterocycles. The van der Waals surface area contributed by atoms with Crippen molar-refractivity contribution in [3.05, 3.63) is 36.0 Å². The van der Waals surface area contributed by atoms with Crippen LogP contribution in [0.25, 0.3) is 11.3 Å². The van der Waals surface area contributed by atoms with Crippen LogP contribution >= 0.6 is 0 Å². The number of hydrogen-bond acceptors (Lipinski definition) is 5. The molecule has 1 aromatic carbocycles. The van der Waals surface area contributed by atoms with Gasteiger partial charge in [0.1, 0.15) is 0 Å². The SMILES string of the molecule is CS(=O)(=O)c1ccc(-c2cc(C(F)(F)F)nc(NC3CCCC3)n2)cc1. The van der Waals surface area contributed by atoms with Gasteiger partial charge in [0.25, 0.3) is 0 Å². The molecule has 0 saturated heterocycles. The first-order chi connectivity index (χ1) is 12.1. The Labute approximate surface area is 149 Å². The fourth-order valence-corrected chi connectivity index (χ4v) is 3.56. The van der Waals surface area contributed by atoms with Gasteiger partial charge >= 0.3 is 6.18 Å². The molecule has 26 heavy (non-hydrogen) atoms. The zero-order valence-corrected chi connectivity index (χ0v) is 14.9. The van der Waals surface area contributed by atoms with Gasteiger partial charge in [-0.2, -0.15) is 13.2 Å². The Kier molecular flexibility index (Phi) is 4.92. The van der Waals surface area contributed by atoms with E-state index in [0.29, 0.717) is 5.56 Å². The van der Waals surface area contributed by atoms with Crippen molar-refractivity contribution in [2.45, 2.75) is 42.8 Å². The monoisotopic (exact) mass is 385 g/mol. The van der Waals surface area contributed by atoms with Crippen molar-refractivity contribution in [1.29, 1.82) is 0 Å². The number of halogens is 3. The lowest BCUT2D eigenvalue weighted by atomic mass is 10.1. The Morgan fingerprint density at radius 2 is 1.69 bits per heavy atom. The first kappa shape index (κ1) is 18.6. The van der Waals surface area contributed by atoms with Gasteiger partial charge in [0.2, 0.25) is 5.95 Å². The summed E-state index contributed by atoms with van der Waals surface area (Å²) in [4.78, 5) is 7.90. The first-order valence-electron chi connectivity index (χ1n) is 8.16. The van der Waals surface area contributed by atoms with Crippen LogP contribution in [0.15, 0.2) is 35.2 Å². The largest absolute Gasteiger partial charge is 0.433 e. The van der Waals surface area contributed by atoms with Crippen LogP contribution in [-0.2, 0) is 16.0 Å². The molecule has 1 fully saturated rings. The second-order valence-electron chi connectivity index (χ2n) is 6.38. The van der Waals surface area contributed by atoms with Crippen LogP contribution in [-0.4, -0.2) is 30.7 Å². The Balaban J connectivity index is 1.99. The third-order valence-electron chi connectivity index (χ3n) is 4.28. The minimum absolute atomic E-state index is 0.0612. The molecule has 9 heteroatoms. The highest BCUT2D eigenvalue weighted by Crippen LogP contribution is 2.32. The van der Waals surface area contributed by atoms with Crippen LogP contribution in [0.3, 0.4) is 0 Å². The lowest BCUT2D eigenvalue weighted by molar-refractivity contribution is -0.141. The predicted molar refractivity (Wildman–Crippen MR) is 91.5 cm³/mol. The molecular formula is C17H18F3N3O2S. The summed E-state index contributed by atoms with van der Waals surface area (Å²) in [7, 11) is -3.38. The van der Waals surface area contributed by atoms with Crippen LogP contribution in [0.2, 0.25) is 0 Å². The predicted octanol–water partition coefficient (Wildman–Crippen LogP) is 3.92. The number of nitrogens with zero attached hydrogens (tertiary/aromatic N) is 2. The number of aromatic nitrogens is 2. The summed E-state index contributed by atoms with van der Waals surface area (Å²) < 4.78 is 62.7. The van der Waals surface area contributed by atoms with Crippen molar-refractivity contribution in [3.8, 4) is 11.3 Å². The highest BCUT2D eigenvalue weighted by Gasteiger charge is 2.34. The van der Waals surface area contributed by atoms with Gasteiger partial charge in [0.15, 0.2) is 15.5 Å². The van der Waals surface area contributed by atoms with Crippen molar-refractivity contribution < 1.29 is 21.6 Å². The smallest absolute Gasteiger partial charge is 0.351 e. The lowest BCUT2D eigenvalue weighted by Gasteiger charge is -2.15. The van der Waals surface area contributed by atoms with Crippen LogP contribution in [0.5, 0.6) is 0 Å². The molecule has 1 aliphatic carbocycles. The summed E-state index contributed by atoms with van der Waals surface area (Å²) in [5.74, 6) is -0.0612. The maximum Gasteiger partial charge on any atom is 0.433 e. The molecule has 1 aromatic heterocycles. The summed E-state index contributed by atoms with van der Waals surface area (Å²) >= 11 is 0. The van der Waals surface area contributed by atoms with E-state index < -0.39 is 21.7 Å². The number of benzene rings is 1. The minimum Gasteiger partial charge on any atom is -0.351 e. The van der Waals surface area contributed by atoms with E-state index in [1.165, 1.54) is 24.3 Å².